The quantitative estimate of drug-likeness (QED) is 0.0675. The van der Waals surface area contributed by atoms with Gasteiger partial charge in [-0.2, -0.15) is 4.58 Å². The van der Waals surface area contributed by atoms with E-state index in [-0.39, 0.29) is 10.8 Å². The fourth-order valence-electron chi connectivity index (χ4n) is 10.2. The molecule has 2 aliphatic heterocycles. The van der Waals surface area contributed by atoms with E-state index < -0.39 is 0 Å². The van der Waals surface area contributed by atoms with Gasteiger partial charge in [0.1, 0.15) is 6.54 Å². The van der Waals surface area contributed by atoms with Crippen LogP contribution in [0.15, 0.2) is 158 Å². The highest BCUT2D eigenvalue weighted by Gasteiger charge is 2.51. The van der Waals surface area contributed by atoms with E-state index in [0.717, 1.165) is 31.7 Å². The van der Waals surface area contributed by atoms with Gasteiger partial charge in [-0.3, -0.25) is 0 Å². The molecule has 0 saturated heterocycles. The van der Waals surface area contributed by atoms with Gasteiger partial charge in [0.05, 0.1) is 11.1 Å². The van der Waals surface area contributed by atoms with E-state index in [1.54, 1.807) is 0 Å². The molecule has 0 radical (unpaired) electrons. The zero-order valence-corrected chi connectivity index (χ0v) is 31.8. The van der Waals surface area contributed by atoms with Crippen molar-refractivity contribution in [2.75, 3.05) is 18.5 Å². The highest BCUT2D eigenvalue weighted by Crippen LogP contribution is 2.52. The third kappa shape index (κ3) is 6.63. The van der Waals surface area contributed by atoms with E-state index in [4.69, 9.17) is 0 Å². The number of allylic oxidation sites excluding steroid dienone is 5. The molecule has 5 aromatic rings. The number of anilines is 1. The fraction of sp³-hybridized carbons (Fsp3) is 0.314. The number of nitrogens with zero attached hydrogens (tertiary/aromatic N) is 2. The van der Waals surface area contributed by atoms with Crippen LogP contribution >= 0.6 is 0 Å². The number of hydrogen-bond acceptors (Lipinski definition) is 1. The molecule has 1 fully saturated rings. The molecule has 1 unspecified atom stereocenters. The third-order valence-corrected chi connectivity index (χ3v) is 12.7. The van der Waals surface area contributed by atoms with E-state index >= 15 is 0 Å². The van der Waals surface area contributed by atoms with Gasteiger partial charge in [0.2, 0.25) is 5.69 Å². The Bertz CT molecular complexity index is 2120. The molecular weight excluding hydrogens is 641 g/mol. The number of benzene rings is 5. The molecule has 3 aliphatic rings. The molecule has 1 aliphatic carbocycles. The lowest BCUT2D eigenvalue weighted by Crippen LogP contribution is -2.39. The Labute approximate surface area is 317 Å². The summed E-state index contributed by atoms with van der Waals surface area (Å²) in [6.07, 6.45) is 21.7. The van der Waals surface area contributed by atoms with Crippen LogP contribution in [0.4, 0.5) is 11.4 Å². The topological polar surface area (TPSA) is 6.25 Å². The smallest absolute Gasteiger partial charge is 0.209 e. The molecule has 0 aromatic heterocycles. The predicted molar refractivity (Wildman–Crippen MR) is 226 cm³/mol. The van der Waals surface area contributed by atoms with Crippen LogP contribution in [0.5, 0.6) is 0 Å². The van der Waals surface area contributed by atoms with Crippen molar-refractivity contribution in [2.45, 2.75) is 82.0 Å². The number of hydrogen-bond donors (Lipinski definition) is 0. The molecule has 2 nitrogen and oxygen atoms in total. The highest BCUT2D eigenvalue weighted by molar-refractivity contribution is 6.04. The van der Waals surface area contributed by atoms with Crippen LogP contribution in [0.3, 0.4) is 0 Å². The first kappa shape index (κ1) is 35.1. The first-order valence-corrected chi connectivity index (χ1v) is 20.1. The van der Waals surface area contributed by atoms with Gasteiger partial charge in [0.15, 0.2) is 5.71 Å². The van der Waals surface area contributed by atoms with Gasteiger partial charge < -0.3 is 4.90 Å². The molecule has 1 saturated carbocycles. The molecule has 268 valence electrons. The molecule has 2 heterocycles. The zero-order chi connectivity index (χ0) is 36.3. The Morgan fingerprint density at radius 1 is 0.755 bits per heavy atom. The van der Waals surface area contributed by atoms with E-state index in [9.17, 15) is 0 Å². The molecule has 0 amide bonds. The third-order valence-electron chi connectivity index (χ3n) is 12.7. The number of para-hydroxylation sites is 1. The standard InChI is InChI=1S/C51H55N2/c1-4-35-50(2)45-34-33-42-27-13-14-28-43(42)49(45)52(3)47(50)31-19-32-48-51(37-40-23-7-5-8-24-40,38-41-25-9-6-10-26-41)44-29-15-16-30-46(44)53(48)36-18-17-22-39-20-11-12-21-39/h4-10,13-16,19,23-34,39H,1,11-12,17-18,20-22,35-38H2,2-3H3/q+1. The van der Waals surface area contributed by atoms with Crippen molar-refractivity contribution >= 4 is 27.9 Å². The second-order valence-corrected chi connectivity index (χ2v) is 16.1. The van der Waals surface area contributed by atoms with Gasteiger partial charge in [-0.15, -0.1) is 6.58 Å². The van der Waals surface area contributed by atoms with Crippen LogP contribution in [0.2, 0.25) is 0 Å². The average Bonchev–Trinajstić information content (AvgIpc) is 3.85. The Balaban J connectivity index is 1.25. The predicted octanol–water partition coefficient (Wildman–Crippen LogP) is 12.4. The lowest BCUT2D eigenvalue weighted by atomic mass is 9.69. The minimum atomic E-state index is -0.217. The van der Waals surface area contributed by atoms with E-state index in [0.29, 0.717) is 0 Å². The summed E-state index contributed by atoms with van der Waals surface area (Å²) in [5.41, 5.74) is 10.6. The number of likely N-dealkylation sites (N-methyl/N-ethyl adjacent to an activating group) is 1. The van der Waals surface area contributed by atoms with Crippen LogP contribution in [0.25, 0.3) is 10.8 Å². The Morgan fingerprint density at radius 3 is 2.13 bits per heavy atom. The van der Waals surface area contributed by atoms with Crippen LogP contribution < -0.4 is 4.90 Å². The first-order chi connectivity index (χ1) is 26.0. The second kappa shape index (κ2) is 15.2. The summed E-state index contributed by atoms with van der Waals surface area (Å²) < 4.78 is 2.70. The Morgan fingerprint density at radius 2 is 1.42 bits per heavy atom. The molecular formula is C51H55N2+. The van der Waals surface area contributed by atoms with Crippen molar-refractivity contribution in [1.82, 2.24) is 0 Å². The van der Waals surface area contributed by atoms with Crippen LogP contribution in [0, 0.1) is 5.92 Å². The first-order valence-electron chi connectivity index (χ1n) is 20.1. The van der Waals surface area contributed by atoms with Crippen molar-refractivity contribution in [2.24, 2.45) is 5.92 Å². The minimum absolute atomic E-state index is 0.172. The maximum atomic E-state index is 4.23. The zero-order valence-electron chi connectivity index (χ0n) is 31.8. The summed E-state index contributed by atoms with van der Waals surface area (Å²) in [4.78, 5) is 2.45. The van der Waals surface area contributed by atoms with Crippen LogP contribution in [-0.4, -0.2) is 23.9 Å². The SMILES string of the molecule is C=CCC1(C)C(=CC=CC2=[N+](CCCCC3CCCC3)c3ccccc3C2(Cc2ccccc2)Cc2ccccc2)N(C)c2c1ccc1ccccc21. The summed E-state index contributed by atoms with van der Waals surface area (Å²) in [6.45, 7) is 7.66. The van der Waals surface area contributed by atoms with E-state index in [1.807, 2.05) is 0 Å². The fourth-order valence-corrected chi connectivity index (χ4v) is 10.2. The lowest BCUT2D eigenvalue weighted by molar-refractivity contribution is -0.438. The summed E-state index contributed by atoms with van der Waals surface area (Å²) in [6, 6.07) is 45.1. The normalized spacial score (nSPS) is 20.2. The van der Waals surface area contributed by atoms with Crippen molar-refractivity contribution in [3.05, 3.63) is 180 Å². The van der Waals surface area contributed by atoms with E-state index in [1.165, 1.54) is 101 Å². The molecule has 5 aromatic carbocycles. The van der Waals surface area contributed by atoms with Gasteiger partial charge >= 0.3 is 0 Å². The van der Waals surface area contributed by atoms with Gasteiger partial charge in [0.25, 0.3) is 0 Å². The summed E-state index contributed by atoms with van der Waals surface area (Å²) in [5.74, 6) is 0.931. The second-order valence-electron chi connectivity index (χ2n) is 16.1. The van der Waals surface area contributed by atoms with Crippen LogP contribution in [0.1, 0.15) is 80.5 Å². The maximum absolute atomic E-state index is 4.23. The Hall–Kier alpha value is -4.95. The van der Waals surface area contributed by atoms with Crippen LogP contribution in [-0.2, 0) is 23.7 Å². The molecule has 53 heavy (non-hydrogen) atoms. The monoisotopic (exact) mass is 695 g/mol. The van der Waals surface area contributed by atoms with Crippen molar-refractivity contribution in [1.29, 1.82) is 0 Å². The van der Waals surface area contributed by atoms with Crippen molar-refractivity contribution in [3.63, 3.8) is 0 Å². The van der Waals surface area contributed by atoms with Crippen molar-refractivity contribution in [3.8, 4) is 0 Å². The van der Waals surface area contributed by atoms with Crippen molar-refractivity contribution < 1.29 is 4.58 Å². The number of unbranched alkanes of at least 4 members (excludes halogenated alkanes) is 1. The van der Waals surface area contributed by atoms with Gasteiger partial charge in [0, 0.05) is 47.7 Å². The summed E-state index contributed by atoms with van der Waals surface area (Å²) >= 11 is 0. The minimum Gasteiger partial charge on any atom is -0.347 e. The number of rotatable bonds is 13. The molecule has 8 rings (SSSR count). The summed E-state index contributed by atoms with van der Waals surface area (Å²) in [7, 11) is 2.25. The lowest BCUT2D eigenvalue weighted by Gasteiger charge is -2.29. The molecule has 2 heteroatoms. The van der Waals surface area contributed by atoms with Gasteiger partial charge in [-0.25, -0.2) is 0 Å². The van der Waals surface area contributed by atoms with Gasteiger partial charge in [-0.1, -0.05) is 160 Å². The Kier molecular flexibility index (Phi) is 10.1. The highest BCUT2D eigenvalue weighted by atomic mass is 15.2. The molecule has 0 N–H and O–H groups in total. The average molecular weight is 696 g/mol. The number of fused-ring (bicyclic) bond motifs is 4. The summed E-state index contributed by atoms with van der Waals surface area (Å²) in [5, 5.41) is 2.59. The van der Waals surface area contributed by atoms with E-state index in [2.05, 4.69) is 176 Å². The molecule has 0 spiro atoms. The maximum Gasteiger partial charge on any atom is 0.209 e. The van der Waals surface area contributed by atoms with Gasteiger partial charge in [-0.05, 0) is 66.7 Å². The largest absolute Gasteiger partial charge is 0.347 e. The molecule has 0 bridgehead atoms. The molecule has 1 atom stereocenters.